The predicted molar refractivity (Wildman–Crippen MR) is 63.7 cm³/mol. The highest BCUT2D eigenvalue weighted by Crippen LogP contribution is 2.07. The van der Waals surface area contributed by atoms with Crippen molar-refractivity contribution in [3.8, 4) is 0 Å². The van der Waals surface area contributed by atoms with Gasteiger partial charge in [-0.15, -0.1) is 0 Å². The molecule has 0 aliphatic rings. The number of rotatable bonds is 6. The Bertz CT molecular complexity index is 360. The van der Waals surface area contributed by atoms with Crippen LogP contribution in [0.15, 0.2) is 12.5 Å². The molecule has 1 N–H and O–H groups in total. The molecule has 0 amide bonds. The molecule has 0 saturated carbocycles. The molecule has 0 fully saturated rings. The van der Waals surface area contributed by atoms with Crippen molar-refractivity contribution in [2.45, 2.75) is 6.54 Å². The normalized spacial score (nSPS) is 10.7. The molecule has 6 heteroatoms. The van der Waals surface area contributed by atoms with E-state index in [1.54, 1.807) is 11.8 Å². The Balaban J connectivity index is 2.69. The molecular formula is C10H15N3O2S. The van der Waals surface area contributed by atoms with Gasteiger partial charge in [-0.3, -0.25) is 4.90 Å². The van der Waals surface area contributed by atoms with Gasteiger partial charge in [-0.2, -0.15) is 11.8 Å². The minimum Gasteiger partial charge on any atom is -0.478 e. The van der Waals surface area contributed by atoms with Gasteiger partial charge in [-0.25, -0.2) is 14.8 Å². The standard InChI is InChI=1S/C10H15N3O2S/c1-13(3-4-16-2)6-9-8(10(14)15)5-11-7-12-9/h5,7H,3-4,6H2,1-2H3,(H,14,15). The van der Waals surface area contributed by atoms with Crippen LogP contribution in [0.3, 0.4) is 0 Å². The van der Waals surface area contributed by atoms with Crippen molar-refractivity contribution in [3.05, 3.63) is 23.8 Å². The fourth-order valence-corrected chi connectivity index (χ4v) is 1.74. The highest BCUT2D eigenvalue weighted by molar-refractivity contribution is 7.98. The van der Waals surface area contributed by atoms with Crippen molar-refractivity contribution in [1.29, 1.82) is 0 Å². The summed E-state index contributed by atoms with van der Waals surface area (Å²) in [6.07, 6.45) is 4.76. The number of carboxylic acid groups (broad SMARTS) is 1. The van der Waals surface area contributed by atoms with Gasteiger partial charge in [0, 0.05) is 25.0 Å². The van der Waals surface area contributed by atoms with Gasteiger partial charge in [0.05, 0.1) is 5.69 Å². The summed E-state index contributed by atoms with van der Waals surface area (Å²) in [6, 6.07) is 0. The Hall–Kier alpha value is -1.14. The quantitative estimate of drug-likeness (QED) is 0.800. The summed E-state index contributed by atoms with van der Waals surface area (Å²) in [7, 11) is 1.95. The first-order valence-electron chi connectivity index (χ1n) is 4.84. The van der Waals surface area contributed by atoms with Gasteiger partial charge in [-0.05, 0) is 13.3 Å². The van der Waals surface area contributed by atoms with Gasteiger partial charge >= 0.3 is 5.97 Å². The lowest BCUT2D eigenvalue weighted by Crippen LogP contribution is -2.23. The van der Waals surface area contributed by atoms with Crippen LogP contribution in [-0.2, 0) is 6.54 Å². The molecule has 0 atom stereocenters. The van der Waals surface area contributed by atoms with E-state index < -0.39 is 5.97 Å². The third-order valence-electron chi connectivity index (χ3n) is 2.12. The maximum Gasteiger partial charge on any atom is 0.339 e. The molecule has 0 aliphatic carbocycles. The fourth-order valence-electron chi connectivity index (χ4n) is 1.24. The molecule has 1 aromatic heterocycles. The molecule has 0 bridgehead atoms. The maximum atomic E-state index is 10.9. The minimum atomic E-state index is -0.978. The Kier molecular flexibility index (Phi) is 5.21. The highest BCUT2D eigenvalue weighted by atomic mass is 32.2. The maximum absolute atomic E-state index is 10.9. The second-order valence-corrected chi connectivity index (χ2v) is 4.40. The van der Waals surface area contributed by atoms with Crippen molar-refractivity contribution in [1.82, 2.24) is 14.9 Å². The molecule has 1 aromatic rings. The summed E-state index contributed by atoms with van der Waals surface area (Å²) >= 11 is 1.76. The number of carbonyl (C=O) groups is 1. The predicted octanol–water partition coefficient (Wildman–Crippen LogP) is 0.970. The van der Waals surface area contributed by atoms with E-state index in [0.29, 0.717) is 12.2 Å². The van der Waals surface area contributed by atoms with Gasteiger partial charge in [-0.1, -0.05) is 0 Å². The lowest BCUT2D eigenvalue weighted by Gasteiger charge is -2.15. The molecule has 0 spiro atoms. The van der Waals surface area contributed by atoms with Gasteiger partial charge in [0.25, 0.3) is 0 Å². The highest BCUT2D eigenvalue weighted by Gasteiger charge is 2.12. The van der Waals surface area contributed by atoms with Crippen LogP contribution in [0.25, 0.3) is 0 Å². The van der Waals surface area contributed by atoms with Crippen molar-refractivity contribution >= 4 is 17.7 Å². The number of aromatic carboxylic acids is 1. The van der Waals surface area contributed by atoms with Crippen molar-refractivity contribution < 1.29 is 9.90 Å². The molecule has 5 nitrogen and oxygen atoms in total. The summed E-state index contributed by atoms with van der Waals surface area (Å²) in [6.45, 7) is 1.44. The molecule has 1 heterocycles. The Morgan fingerprint density at radius 1 is 1.62 bits per heavy atom. The SMILES string of the molecule is CSCCN(C)Cc1ncncc1C(=O)O. The topological polar surface area (TPSA) is 66.3 Å². The summed E-state index contributed by atoms with van der Waals surface area (Å²) in [5.74, 6) is 0.0399. The first-order valence-corrected chi connectivity index (χ1v) is 6.24. The van der Waals surface area contributed by atoms with Crippen molar-refractivity contribution in [2.75, 3.05) is 25.6 Å². The van der Waals surface area contributed by atoms with E-state index >= 15 is 0 Å². The van der Waals surface area contributed by atoms with E-state index in [9.17, 15) is 4.79 Å². The molecule has 1 rings (SSSR count). The van der Waals surface area contributed by atoms with Crippen LogP contribution in [0.5, 0.6) is 0 Å². The van der Waals surface area contributed by atoms with Crippen LogP contribution in [0.1, 0.15) is 16.1 Å². The van der Waals surface area contributed by atoms with E-state index in [4.69, 9.17) is 5.11 Å². The average molecular weight is 241 g/mol. The Morgan fingerprint density at radius 3 is 3.00 bits per heavy atom. The zero-order chi connectivity index (χ0) is 12.0. The summed E-state index contributed by atoms with van der Waals surface area (Å²) in [5, 5.41) is 8.95. The zero-order valence-corrected chi connectivity index (χ0v) is 10.2. The van der Waals surface area contributed by atoms with Gasteiger partial charge in [0.1, 0.15) is 11.9 Å². The van der Waals surface area contributed by atoms with Gasteiger partial charge in [0.2, 0.25) is 0 Å². The van der Waals surface area contributed by atoms with E-state index in [2.05, 4.69) is 9.97 Å². The minimum absolute atomic E-state index is 0.179. The van der Waals surface area contributed by atoms with Crippen molar-refractivity contribution in [2.24, 2.45) is 0 Å². The monoisotopic (exact) mass is 241 g/mol. The number of thioether (sulfide) groups is 1. The Labute approximate surface area is 98.9 Å². The second kappa shape index (κ2) is 6.44. The van der Waals surface area contributed by atoms with Crippen LogP contribution >= 0.6 is 11.8 Å². The van der Waals surface area contributed by atoms with Crippen LogP contribution in [0.2, 0.25) is 0 Å². The number of aromatic nitrogens is 2. The third-order valence-corrected chi connectivity index (χ3v) is 2.71. The first-order chi connectivity index (χ1) is 7.65. The third kappa shape index (κ3) is 3.79. The first kappa shape index (κ1) is 12.9. The fraction of sp³-hybridized carbons (Fsp3) is 0.500. The second-order valence-electron chi connectivity index (χ2n) is 3.42. The molecule has 0 radical (unpaired) electrons. The number of hydrogen-bond acceptors (Lipinski definition) is 5. The summed E-state index contributed by atoms with van der Waals surface area (Å²) in [4.78, 5) is 20.7. The molecule has 0 aliphatic heterocycles. The number of hydrogen-bond donors (Lipinski definition) is 1. The molecular weight excluding hydrogens is 226 g/mol. The number of carboxylic acids is 1. The van der Waals surface area contributed by atoms with Crippen molar-refractivity contribution in [3.63, 3.8) is 0 Å². The van der Waals surface area contributed by atoms with Crippen LogP contribution in [0, 0.1) is 0 Å². The molecule has 16 heavy (non-hydrogen) atoms. The van der Waals surface area contributed by atoms with E-state index in [-0.39, 0.29) is 5.56 Å². The lowest BCUT2D eigenvalue weighted by atomic mass is 10.2. The lowest BCUT2D eigenvalue weighted by molar-refractivity contribution is 0.0693. The van der Waals surface area contributed by atoms with E-state index in [1.807, 2.05) is 18.2 Å². The van der Waals surface area contributed by atoms with Gasteiger partial charge in [0.15, 0.2) is 0 Å². The van der Waals surface area contributed by atoms with E-state index in [1.165, 1.54) is 12.5 Å². The molecule has 0 saturated heterocycles. The Morgan fingerprint density at radius 2 is 2.38 bits per heavy atom. The van der Waals surface area contributed by atoms with E-state index in [0.717, 1.165) is 12.3 Å². The van der Waals surface area contributed by atoms with Gasteiger partial charge < -0.3 is 5.11 Å². The largest absolute Gasteiger partial charge is 0.478 e. The molecule has 0 aromatic carbocycles. The smallest absolute Gasteiger partial charge is 0.339 e. The summed E-state index contributed by atoms with van der Waals surface area (Å²) < 4.78 is 0. The number of nitrogens with zero attached hydrogens (tertiary/aromatic N) is 3. The van der Waals surface area contributed by atoms with Crippen LogP contribution in [0.4, 0.5) is 0 Å². The molecule has 0 unspecified atom stereocenters. The summed E-state index contributed by atoms with van der Waals surface area (Å²) in [5.41, 5.74) is 0.740. The van der Waals surface area contributed by atoms with Crippen LogP contribution in [-0.4, -0.2) is 51.5 Å². The zero-order valence-electron chi connectivity index (χ0n) is 9.38. The van der Waals surface area contributed by atoms with Crippen LogP contribution < -0.4 is 0 Å². The molecule has 88 valence electrons. The average Bonchev–Trinajstić information content (AvgIpc) is 2.27.